The number of pyridine rings is 1. The summed E-state index contributed by atoms with van der Waals surface area (Å²) >= 11 is 6.39. The number of nitrogens with zero attached hydrogens (tertiary/aromatic N) is 3. The number of piperazine rings is 1. The number of aromatic nitrogens is 1. The van der Waals surface area contributed by atoms with Crippen molar-refractivity contribution in [1.82, 2.24) is 9.88 Å². The third-order valence-corrected chi connectivity index (χ3v) is 5.17. The van der Waals surface area contributed by atoms with E-state index in [2.05, 4.69) is 4.98 Å². The molecular weight excluding hydrogens is 388 g/mol. The molecule has 0 N–H and O–H groups in total. The molecule has 1 aromatic heterocycles. The lowest BCUT2D eigenvalue weighted by molar-refractivity contribution is 0.0218. The van der Waals surface area contributed by atoms with Gasteiger partial charge in [-0.15, -0.1) is 0 Å². The van der Waals surface area contributed by atoms with Crippen molar-refractivity contribution in [2.24, 2.45) is 0 Å². The van der Waals surface area contributed by atoms with Gasteiger partial charge < -0.3 is 14.5 Å². The average Bonchev–Trinajstić information content (AvgIpc) is 2.56. The number of amides is 1. The quantitative estimate of drug-likeness (QED) is 0.668. The van der Waals surface area contributed by atoms with E-state index in [0.29, 0.717) is 31.0 Å². The van der Waals surface area contributed by atoms with E-state index >= 15 is 0 Å². The molecule has 0 aliphatic carbocycles. The zero-order chi connectivity index (χ0) is 20.8. The van der Waals surface area contributed by atoms with E-state index in [0.717, 1.165) is 6.07 Å². The maximum absolute atomic E-state index is 14.2. The standard InChI is InChI=1S/C20H24ClF2N3O2/c1-11-10-25(19(27)28-20(3,4)5)6-7-26(11)18-12(2)17(21)16-14(23)8-13(22)9-15(16)24-18/h8-9,11H,6-7,10H2,1-5H3/t11-/m1/s1. The number of rotatable bonds is 1. The zero-order valence-corrected chi connectivity index (χ0v) is 17.4. The Morgan fingerprint density at radius 3 is 2.57 bits per heavy atom. The lowest BCUT2D eigenvalue weighted by Gasteiger charge is -2.41. The zero-order valence-electron chi connectivity index (χ0n) is 16.6. The fourth-order valence-corrected chi connectivity index (χ4v) is 3.66. The summed E-state index contributed by atoms with van der Waals surface area (Å²) in [6, 6.07) is 1.91. The van der Waals surface area contributed by atoms with Gasteiger partial charge in [-0.2, -0.15) is 0 Å². The van der Waals surface area contributed by atoms with Crippen molar-refractivity contribution < 1.29 is 18.3 Å². The second-order valence-corrected chi connectivity index (χ2v) is 8.50. The molecule has 1 saturated heterocycles. The van der Waals surface area contributed by atoms with E-state index in [1.165, 1.54) is 6.07 Å². The molecule has 0 radical (unpaired) electrons. The molecule has 1 fully saturated rings. The Kier molecular flexibility index (Phi) is 5.40. The van der Waals surface area contributed by atoms with E-state index in [4.69, 9.17) is 16.3 Å². The largest absolute Gasteiger partial charge is 0.444 e. The number of carbonyl (C=O) groups excluding carboxylic acids is 1. The van der Waals surface area contributed by atoms with E-state index in [-0.39, 0.29) is 28.1 Å². The summed E-state index contributed by atoms with van der Waals surface area (Å²) in [7, 11) is 0. The van der Waals surface area contributed by atoms with Crippen LogP contribution in [0.15, 0.2) is 12.1 Å². The van der Waals surface area contributed by atoms with Crippen molar-refractivity contribution in [3.63, 3.8) is 0 Å². The van der Waals surface area contributed by atoms with Crippen molar-refractivity contribution in [1.29, 1.82) is 0 Å². The predicted octanol–water partition coefficient (Wildman–Crippen LogP) is 4.92. The second kappa shape index (κ2) is 7.35. The molecule has 2 heterocycles. The van der Waals surface area contributed by atoms with Crippen molar-refractivity contribution >= 4 is 34.4 Å². The molecule has 28 heavy (non-hydrogen) atoms. The first-order valence-electron chi connectivity index (χ1n) is 9.17. The first-order valence-corrected chi connectivity index (χ1v) is 9.55. The number of halogens is 3. The van der Waals surface area contributed by atoms with E-state index < -0.39 is 17.2 Å². The smallest absolute Gasteiger partial charge is 0.410 e. The summed E-state index contributed by atoms with van der Waals surface area (Å²) in [6.07, 6.45) is -0.357. The molecule has 1 aliphatic heterocycles. The predicted molar refractivity (Wildman–Crippen MR) is 106 cm³/mol. The first-order chi connectivity index (χ1) is 13.0. The Labute approximate surface area is 168 Å². The molecular formula is C20H24ClF2N3O2. The highest BCUT2D eigenvalue weighted by atomic mass is 35.5. The lowest BCUT2D eigenvalue weighted by atomic mass is 10.1. The van der Waals surface area contributed by atoms with Crippen LogP contribution in [-0.4, -0.2) is 47.3 Å². The van der Waals surface area contributed by atoms with E-state index in [9.17, 15) is 13.6 Å². The molecule has 8 heteroatoms. The fraction of sp³-hybridized carbons (Fsp3) is 0.500. The van der Waals surface area contributed by atoms with Gasteiger partial charge in [-0.1, -0.05) is 11.6 Å². The van der Waals surface area contributed by atoms with Gasteiger partial charge in [-0.25, -0.2) is 18.6 Å². The van der Waals surface area contributed by atoms with Crippen molar-refractivity contribution in [3.05, 3.63) is 34.4 Å². The van der Waals surface area contributed by atoms with Crippen LogP contribution < -0.4 is 4.90 Å². The summed E-state index contributed by atoms with van der Waals surface area (Å²) in [5.74, 6) is -0.866. The Morgan fingerprint density at radius 1 is 1.29 bits per heavy atom. The van der Waals surface area contributed by atoms with Crippen LogP contribution in [0.3, 0.4) is 0 Å². The summed E-state index contributed by atoms with van der Waals surface area (Å²) in [5.41, 5.74) is 0.234. The number of benzene rings is 1. The number of hydrogen-bond donors (Lipinski definition) is 0. The Balaban J connectivity index is 1.90. The molecule has 0 bridgehead atoms. The average molecular weight is 412 g/mol. The molecule has 1 aromatic carbocycles. The van der Waals surface area contributed by atoms with Crippen LogP contribution in [0.2, 0.25) is 5.02 Å². The van der Waals surface area contributed by atoms with Gasteiger partial charge in [0.05, 0.1) is 15.9 Å². The van der Waals surface area contributed by atoms with Gasteiger partial charge in [0.1, 0.15) is 23.1 Å². The summed E-state index contributed by atoms with van der Waals surface area (Å²) in [4.78, 5) is 20.5. The van der Waals surface area contributed by atoms with Gasteiger partial charge in [-0.05, 0) is 34.6 Å². The SMILES string of the molecule is Cc1c(N2CCN(C(=O)OC(C)(C)C)C[C@H]2C)nc2cc(F)cc(F)c2c1Cl. The van der Waals surface area contributed by atoms with Gasteiger partial charge in [0.15, 0.2) is 0 Å². The number of anilines is 1. The monoisotopic (exact) mass is 411 g/mol. The van der Waals surface area contributed by atoms with Crippen LogP contribution >= 0.6 is 11.6 Å². The van der Waals surface area contributed by atoms with Crippen LogP contribution in [0.25, 0.3) is 10.9 Å². The topological polar surface area (TPSA) is 45.7 Å². The molecule has 5 nitrogen and oxygen atoms in total. The van der Waals surface area contributed by atoms with Gasteiger partial charge in [-0.3, -0.25) is 0 Å². The van der Waals surface area contributed by atoms with Crippen molar-refractivity contribution in [2.75, 3.05) is 24.5 Å². The molecule has 3 rings (SSSR count). The Morgan fingerprint density at radius 2 is 1.96 bits per heavy atom. The highest BCUT2D eigenvalue weighted by molar-refractivity contribution is 6.36. The number of carbonyl (C=O) groups is 1. The molecule has 0 spiro atoms. The Hall–Kier alpha value is -2.15. The minimum atomic E-state index is -0.732. The van der Waals surface area contributed by atoms with Crippen LogP contribution in [0.1, 0.15) is 33.3 Å². The fourth-order valence-electron chi connectivity index (χ4n) is 3.39. The van der Waals surface area contributed by atoms with Crippen LogP contribution in [-0.2, 0) is 4.74 Å². The highest BCUT2D eigenvalue weighted by Gasteiger charge is 2.31. The molecule has 0 saturated carbocycles. The molecule has 2 aromatic rings. The van der Waals surface area contributed by atoms with Crippen LogP contribution in [0, 0.1) is 18.6 Å². The normalized spacial score (nSPS) is 17.9. The van der Waals surface area contributed by atoms with E-state index in [1.54, 1.807) is 11.8 Å². The second-order valence-electron chi connectivity index (χ2n) is 8.12. The van der Waals surface area contributed by atoms with Crippen molar-refractivity contribution in [2.45, 2.75) is 46.3 Å². The molecule has 152 valence electrons. The van der Waals surface area contributed by atoms with E-state index in [1.807, 2.05) is 32.6 Å². The molecule has 1 aliphatic rings. The van der Waals surface area contributed by atoms with Gasteiger partial charge in [0.25, 0.3) is 0 Å². The molecule has 1 atom stereocenters. The highest BCUT2D eigenvalue weighted by Crippen LogP contribution is 2.35. The molecule has 1 amide bonds. The summed E-state index contributed by atoms with van der Waals surface area (Å²) in [5, 5.41) is 0.337. The molecule has 0 unspecified atom stereocenters. The third kappa shape index (κ3) is 3.99. The number of hydrogen-bond acceptors (Lipinski definition) is 4. The number of fused-ring (bicyclic) bond motifs is 1. The van der Waals surface area contributed by atoms with Gasteiger partial charge >= 0.3 is 6.09 Å². The maximum atomic E-state index is 14.2. The van der Waals surface area contributed by atoms with Gasteiger partial charge in [0.2, 0.25) is 0 Å². The van der Waals surface area contributed by atoms with Gasteiger partial charge in [0, 0.05) is 43.4 Å². The minimum Gasteiger partial charge on any atom is -0.444 e. The van der Waals surface area contributed by atoms with Crippen LogP contribution in [0.4, 0.5) is 19.4 Å². The summed E-state index contributed by atoms with van der Waals surface area (Å²) < 4.78 is 33.3. The first kappa shape index (κ1) is 20.6. The van der Waals surface area contributed by atoms with Crippen LogP contribution in [0.5, 0.6) is 0 Å². The maximum Gasteiger partial charge on any atom is 0.410 e. The Bertz CT molecular complexity index is 930. The third-order valence-electron chi connectivity index (χ3n) is 4.70. The lowest BCUT2D eigenvalue weighted by Crippen LogP contribution is -2.55. The number of ether oxygens (including phenoxy) is 1. The minimum absolute atomic E-state index is 0.0700. The van der Waals surface area contributed by atoms with Crippen molar-refractivity contribution in [3.8, 4) is 0 Å². The summed E-state index contributed by atoms with van der Waals surface area (Å²) in [6.45, 7) is 10.6.